The van der Waals surface area contributed by atoms with Crippen LogP contribution in [0.3, 0.4) is 0 Å². The Morgan fingerprint density at radius 3 is 2.14 bits per heavy atom. The molecule has 0 N–H and O–H groups in total. The van der Waals surface area contributed by atoms with Crippen molar-refractivity contribution in [1.29, 1.82) is 0 Å². The van der Waals surface area contributed by atoms with E-state index in [2.05, 4.69) is 59.5 Å². The number of nitrogens with zero attached hydrogens (tertiary/aromatic N) is 2. The first kappa shape index (κ1) is 16.3. The zero-order valence-corrected chi connectivity index (χ0v) is 16.3. The molecular formula is C25H16N2OS. The van der Waals surface area contributed by atoms with Gasteiger partial charge in [-0.05, 0) is 48.5 Å². The van der Waals surface area contributed by atoms with Crippen LogP contribution in [-0.4, -0.2) is 4.98 Å². The maximum Gasteiger partial charge on any atom is 0.151 e. The standard InChI is InChI=1S/C25H16N2OS/c1-6-15-24-19(10-1)26-25(29-24)17-8-7-9-18(16-17)27-20-11-2-4-13-22(20)28-23-14-5-3-12-21(23)27/h1-16H. The van der Waals surface area contributed by atoms with E-state index < -0.39 is 0 Å². The lowest BCUT2D eigenvalue weighted by molar-refractivity contribution is 0.477. The summed E-state index contributed by atoms with van der Waals surface area (Å²) in [5.41, 5.74) is 5.32. The fourth-order valence-corrected chi connectivity index (χ4v) is 4.72. The van der Waals surface area contributed by atoms with E-state index in [1.165, 1.54) is 4.70 Å². The van der Waals surface area contributed by atoms with Crippen LogP contribution >= 0.6 is 11.3 Å². The Morgan fingerprint density at radius 1 is 0.690 bits per heavy atom. The molecule has 3 nitrogen and oxygen atoms in total. The summed E-state index contributed by atoms with van der Waals surface area (Å²) in [6.07, 6.45) is 0. The molecule has 6 rings (SSSR count). The van der Waals surface area contributed by atoms with Crippen LogP contribution in [0.2, 0.25) is 0 Å². The van der Waals surface area contributed by atoms with Gasteiger partial charge in [-0.2, -0.15) is 0 Å². The lowest BCUT2D eigenvalue weighted by Crippen LogP contribution is -2.15. The molecule has 4 heteroatoms. The molecule has 1 aromatic heterocycles. The summed E-state index contributed by atoms with van der Waals surface area (Å²) >= 11 is 1.72. The highest BCUT2D eigenvalue weighted by Gasteiger charge is 2.25. The summed E-state index contributed by atoms with van der Waals surface area (Å²) in [4.78, 5) is 7.09. The van der Waals surface area contributed by atoms with Crippen molar-refractivity contribution in [2.45, 2.75) is 0 Å². The predicted molar refractivity (Wildman–Crippen MR) is 120 cm³/mol. The molecule has 2 heterocycles. The van der Waals surface area contributed by atoms with Crippen molar-refractivity contribution in [2.24, 2.45) is 0 Å². The molecule has 0 atom stereocenters. The predicted octanol–water partition coefficient (Wildman–Crippen LogP) is 7.54. The molecule has 0 aliphatic carbocycles. The molecule has 1 aliphatic heterocycles. The molecule has 0 unspecified atom stereocenters. The van der Waals surface area contributed by atoms with E-state index in [1.807, 2.05) is 42.5 Å². The second-order valence-electron chi connectivity index (χ2n) is 6.91. The molecule has 0 fully saturated rings. The third-order valence-corrected chi connectivity index (χ3v) is 6.16. The van der Waals surface area contributed by atoms with Crippen molar-refractivity contribution in [2.75, 3.05) is 4.90 Å². The van der Waals surface area contributed by atoms with Crippen molar-refractivity contribution in [3.8, 4) is 22.1 Å². The van der Waals surface area contributed by atoms with Gasteiger partial charge in [0, 0.05) is 11.3 Å². The Labute approximate surface area is 172 Å². The van der Waals surface area contributed by atoms with E-state index >= 15 is 0 Å². The van der Waals surface area contributed by atoms with Gasteiger partial charge in [0.25, 0.3) is 0 Å². The topological polar surface area (TPSA) is 25.4 Å². The number of thiazole rings is 1. The summed E-state index contributed by atoms with van der Waals surface area (Å²) in [6, 6.07) is 33.1. The molecule has 0 bridgehead atoms. The Bertz CT molecular complexity index is 1280. The van der Waals surface area contributed by atoms with Gasteiger partial charge in [-0.15, -0.1) is 11.3 Å². The largest absolute Gasteiger partial charge is 0.453 e. The molecule has 4 aromatic carbocycles. The quantitative estimate of drug-likeness (QED) is 0.304. The fraction of sp³-hybridized carbons (Fsp3) is 0. The second kappa shape index (κ2) is 6.47. The number of benzene rings is 4. The highest BCUT2D eigenvalue weighted by Crippen LogP contribution is 2.50. The van der Waals surface area contributed by atoms with E-state index in [0.717, 1.165) is 44.6 Å². The van der Waals surface area contributed by atoms with Crippen molar-refractivity contribution in [3.63, 3.8) is 0 Å². The third kappa shape index (κ3) is 2.69. The highest BCUT2D eigenvalue weighted by atomic mass is 32.1. The molecule has 138 valence electrons. The number of hydrogen-bond acceptors (Lipinski definition) is 4. The summed E-state index contributed by atoms with van der Waals surface area (Å²) in [7, 11) is 0. The van der Waals surface area contributed by atoms with Gasteiger partial charge in [0.1, 0.15) is 5.01 Å². The van der Waals surface area contributed by atoms with Crippen LogP contribution in [0.15, 0.2) is 97.1 Å². The zero-order valence-electron chi connectivity index (χ0n) is 15.4. The van der Waals surface area contributed by atoms with Crippen molar-refractivity contribution in [1.82, 2.24) is 4.98 Å². The van der Waals surface area contributed by atoms with Gasteiger partial charge in [0.2, 0.25) is 0 Å². The number of rotatable bonds is 2. The molecule has 0 saturated carbocycles. The van der Waals surface area contributed by atoms with Gasteiger partial charge in [0.15, 0.2) is 11.5 Å². The Morgan fingerprint density at radius 2 is 1.38 bits per heavy atom. The number of hydrogen-bond donors (Lipinski definition) is 0. The average molecular weight is 392 g/mol. The fourth-order valence-electron chi connectivity index (χ4n) is 3.76. The van der Waals surface area contributed by atoms with E-state index in [0.29, 0.717) is 0 Å². The van der Waals surface area contributed by atoms with Gasteiger partial charge >= 0.3 is 0 Å². The van der Waals surface area contributed by atoms with Gasteiger partial charge in [0.05, 0.1) is 21.6 Å². The zero-order chi connectivity index (χ0) is 19.2. The monoisotopic (exact) mass is 392 g/mol. The minimum atomic E-state index is 0.858. The van der Waals surface area contributed by atoms with E-state index in [-0.39, 0.29) is 0 Å². The molecule has 0 spiro atoms. The summed E-state index contributed by atoms with van der Waals surface area (Å²) in [6.45, 7) is 0. The van der Waals surface area contributed by atoms with E-state index in [9.17, 15) is 0 Å². The normalized spacial score (nSPS) is 12.3. The first-order chi connectivity index (χ1) is 14.4. The van der Waals surface area contributed by atoms with Crippen molar-refractivity contribution in [3.05, 3.63) is 97.1 Å². The van der Waals surface area contributed by atoms with Gasteiger partial charge in [-0.25, -0.2) is 4.98 Å². The van der Waals surface area contributed by atoms with Crippen LogP contribution in [0, 0.1) is 0 Å². The summed E-state index contributed by atoms with van der Waals surface area (Å²) in [5, 5.41) is 1.03. The highest BCUT2D eigenvalue weighted by molar-refractivity contribution is 7.21. The smallest absolute Gasteiger partial charge is 0.151 e. The average Bonchev–Trinajstić information content (AvgIpc) is 3.22. The number of anilines is 3. The minimum absolute atomic E-state index is 0.858. The van der Waals surface area contributed by atoms with Gasteiger partial charge in [-0.3, -0.25) is 0 Å². The van der Waals surface area contributed by atoms with Crippen LogP contribution in [0.5, 0.6) is 11.5 Å². The molecule has 0 radical (unpaired) electrons. The van der Waals surface area contributed by atoms with Crippen LogP contribution in [0.4, 0.5) is 17.1 Å². The maximum absolute atomic E-state index is 6.13. The molecule has 29 heavy (non-hydrogen) atoms. The minimum Gasteiger partial charge on any atom is -0.453 e. The molecule has 5 aromatic rings. The van der Waals surface area contributed by atoms with Gasteiger partial charge in [-0.1, -0.05) is 48.5 Å². The molecule has 1 aliphatic rings. The van der Waals surface area contributed by atoms with E-state index in [1.54, 1.807) is 11.3 Å². The van der Waals surface area contributed by atoms with Crippen LogP contribution in [0.1, 0.15) is 0 Å². The van der Waals surface area contributed by atoms with Crippen molar-refractivity contribution >= 4 is 38.6 Å². The SMILES string of the molecule is c1cc(-c2nc3ccccc3s2)cc(N2c3ccccc3Oc3ccccc32)c1. The Kier molecular flexibility index (Phi) is 3.64. The lowest BCUT2D eigenvalue weighted by Gasteiger charge is -2.32. The second-order valence-corrected chi connectivity index (χ2v) is 7.94. The Balaban J connectivity index is 1.52. The van der Waals surface area contributed by atoms with E-state index in [4.69, 9.17) is 9.72 Å². The molecule has 0 saturated heterocycles. The van der Waals surface area contributed by atoms with Crippen LogP contribution < -0.4 is 9.64 Å². The number of ether oxygens (including phenoxy) is 1. The van der Waals surface area contributed by atoms with Crippen LogP contribution in [0.25, 0.3) is 20.8 Å². The number of fused-ring (bicyclic) bond motifs is 3. The first-order valence-corrected chi connectivity index (χ1v) is 10.3. The molecule has 0 amide bonds. The van der Waals surface area contributed by atoms with Gasteiger partial charge < -0.3 is 9.64 Å². The first-order valence-electron chi connectivity index (χ1n) is 9.49. The van der Waals surface area contributed by atoms with Crippen molar-refractivity contribution < 1.29 is 4.74 Å². The third-order valence-electron chi connectivity index (χ3n) is 5.08. The number of aromatic nitrogens is 1. The molecular weight excluding hydrogens is 376 g/mol. The summed E-state index contributed by atoms with van der Waals surface area (Å²) in [5.74, 6) is 1.72. The Hall–Kier alpha value is -3.63. The maximum atomic E-state index is 6.13. The number of para-hydroxylation sites is 5. The lowest BCUT2D eigenvalue weighted by atomic mass is 10.1. The van der Waals surface area contributed by atoms with Crippen LogP contribution in [-0.2, 0) is 0 Å². The summed E-state index contributed by atoms with van der Waals surface area (Å²) < 4.78 is 7.34.